The van der Waals surface area contributed by atoms with Crippen molar-refractivity contribution in [1.82, 2.24) is 14.5 Å². The molecule has 2 heterocycles. The van der Waals surface area contributed by atoms with Gasteiger partial charge < -0.3 is 0 Å². The number of hydrogen-bond donors (Lipinski definition) is 3. The molecule has 0 aliphatic heterocycles. The number of hydrogen-bond acceptors (Lipinski definition) is 5. The Morgan fingerprint density at radius 1 is 1.18 bits per heavy atom. The first kappa shape index (κ1) is 14.6. The van der Waals surface area contributed by atoms with Gasteiger partial charge in [0.25, 0.3) is 0 Å². The topological polar surface area (TPSA) is 109 Å². The van der Waals surface area contributed by atoms with Crippen molar-refractivity contribution in [2.75, 3.05) is 11.5 Å². The van der Waals surface area contributed by atoms with E-state index in [1.54, 1.807) is 0 Å². The zero-order valence-electron chi connectivity index (χ0n) is 12.1. The summed E-state index contributed by atoms with van der Waals surface area (Å²) in [5.74, 6) is 0.895. The maximum absolute atomic E-state index is 6.28. The van der Waals surface area contributed by atoms with E-state index in [-0.39, 0.29) is 0 Å². The molecule has 112 valence electrons. The van der Waals surface area contributed by atoms with E-state index in [1.165, 1.54) is 11.9 Å². The van der Waals surface area contributed by atoms with Crippen LogP contribution in [0.2, 0.25) is 0 Å². The molecule has 0 radical (unpaired) electrons. The Balaban J connectivity index is 2.21. The second-order valence-electron chi connectivity index (χ2n) is 5.15. The summed E-state index contributed by atoms with van der Waals surface area (Å²) in [5.41, 5.74) is 21.9. The van der Waals surface area contributed by atoms with E-state index in [0.717, 1.165) is 5.56 Å². The van der Waals surface area contributed by atoms with Gasteiger partial charge in [0, 0.05) is 0 Å². The first-order valence-corrected chi connectivity index (χ1v) is 7.58. The van der Waals surface area contributed by atoms with Crippen molar-refractivity contribution in [2.24, 2.45) is 5.73 Å². The van der Waals surface area contributed by atoms with E-state index < -0.39 is 0 Å². The van der Waals surface area contributed by atoms with E-state index in [1.807, 2.05) is 4.57 Å². The number of nitrogens with zero attached hydrogens (tertiary/aromatic N) is 3. The van der Waals surface area contributed by atoms with Gasteiger partial charge >= 0.3 is 135 Å². The van der Waals surface area contributed by atoms with Crippen molar-refractivity contribution >= 4 is 42.8 Å². The molecule has 22 heavy (non-hydrogen) atoms. The molecule has 0 saturated heterocycles. The first-order valence-electron chi connectivity index (χ1n) is 6.72. The molecule has 3 aromatic rings. The zero-order chi connectivity index (χ0) is 15.9. The Kier molecular flexibility index (Phi) is 3.60. The summed E-state index contributed by atoms with van der Waals surface area (Å²) >= 11 is 2.79. The molecule has 0 aliphatic carbocycles. The van der Waals surface area contributed by atoms with Crippen molar-refractivity contribution in [3.63, 3.8) is 0 Å². The Morgan fingerprint density at radius 3 is 2.50 bits per heavy atom. The van der Waals surface area contributed by atoms with E-state index in [4.69, 9.17) is 17.2 Å². The third kappa shape index (κ3) is 2.34. The van der Waals surface area contributed by atoms with Crippen LogP contribution in [-0.4, -0.2) is 34.7 Å². The molecule has 0 unspecified atom stereocenters. The van der Waals surface area contributed by atoms with Crippen LogP contribution in [0.1, 0.15) is 16.7 Å². The number of nitrogen functional groups attached to an aromatic ring is 2. The van der Waals surface area contributed by atoms with Crippen LogP contribution < -0.4 is 17.2 Å². The van der Waals surface area contributed by atoms with Crippen LogP contribution in [0, 0.1) is 6.92 Å². The van der Waals surface area contributed by atoms with Crippen LogP contribution in [0.15, 0.2) is 30.6 Å². The molecule has 2 aromatic heterocycles. The molecular weight excluding hydrogens is 343 g/mol. The van der Waals surface area contributed by atoms with Crippen LogP contribution in [0.5, 0.6) is 0 Å². The summed E-state index contributed by atoms with van der Waals surface area (Å²) in [6.45, 7) is 2.64. The molecule has 0 amide bonds. The standard InChI is InChI=1S/C15H16N6Se/c1-8-2-4-9(5-3-8)6-21-13(17)11(14(18)22)10-12(16)19-7-20-15(10)21/h2-5,7H,6,17H2,1H3,(H2,18,22)(H2,16,19,20). The number of fused-ring (bicyclic) bond motifs is 1. The minimum absolute atomic E-state index is 0.368. The van der Waals surface area contributed by atoms with Crippen LogP contribution in [-0.2, 0) is 6.54 Å². The van der Waals surface area contributed by atoms with E-state index in [0.29, 0.717) is 39.3 Å². The van der Waals surface area contributed by atoms with Gasteiger partial charge in [-0.1, -0.05) is 0 Å². The predicted molar refractivity (Wildman–Crippen MR) is 90.7 cm³/mol. The van der Waals surface area contributed by atoms with Gasteiger partial charge in [-0.15, -0.1) is 0 Å². The van der Waals surface area contributed by atoms with Crippen LogP contribution in [0.3, 0.4) is 0 Å². The van der Waals surface area contributed by atoms with Gasteiger partial charge in [-0.3, -0.25) is 0 Å². The van der Waals surface area contributed by atoms with Crippen molar-refractivity contribution in [3.05, 3.63) is 47.3 Å². The van der Waals surface area contributed by atoms with Crippen molar-refractivity contribution in [3.8, 4) is 0 Å². The molecule has 0 saturated carbocycles. The van der Waals surface area contributed by atoms with E-state index in [2.05, 4.69) is 56.7 Å². The van der Waals surface area contributed by atoms with Crippen molar-refractivity contribution in [2.45, 2.75) is 13.5 Å². The normalized spacial score (nSPS) is 11.0. The third-order valence-electron chi connectivity index (χ3n) is 3.62. The van der Waals surface area contributed by atoms with Crippen LogP contribution >= 0.6 is 0 Å². The van der Waals surface area contributed by atoms with Gasteiger partial charge in [-0.2, -0.15) is 0 Å². The van der Waals surface area contributed by atoms with E-state index in [9.17, 15) is 0 Å². The molecule has 0 bridgehead atoms. The SMILES string of the molecule is Cc1ccc(Cn2c(N)c(C(N)=[Se])c3c(N)ncnc32)cc1. The van der Waals surface area contributed by atoms with Gasteiger partial charge in [0.2, 0.25) is 0 Å². The molecule has 0 atom stereocenters. The van der Waals surface area contributed by atoms with E-state index >= 15 is 0 Å². The number of rotatable bonds is 3. The Morgan fingerprint density at radius 2 is 1.86 bits per heavy atom. The average molecular weight is 359 g/mol. The fraction of sp³-hybridized carbons (Fsp3) is 0.133. The summed E-state index contributed by atoms with van der Waals surface area (Å²) in [4.78, 5) is 8.37. The fourth-order valence-corrected chi connectivity index (χ4v) is 2.93. The summed E-state index contributed by atoms with van der Waals surface area (Å²) in [7, 11) is 0. The minimum atomic E-state index is 0.368. The van der Waals surface area contributed by atoms with Crippen molar-refractivity contribution < 1.29 is 0 Å². The Hall–Kier alpha value is -2.37. The average Bonchev–Trinajstić information content (AvgIpc) is 2.76. The molecule has 6 nitrogen and oxygen atoms in total. The van der Waals surface area contributed by atoms with Gasteiger partial charge in [-0.25, -0.2) is 0 Å². The number of anilines is 2. The Labute approximate surface area is 135 Å². The summed E-state index contributed by atoms with van der Waals surface area (Å²) in [6.07, 6.45) is 1.43. The number of aryl methyl sites for hydroxylation is 1. The van der Waals surface area contributed by atoms with Gasteiger partial charge in [0.15, 0.2) is 0 Å². The Bertz CT molecular complexity index is 866. The number of nitrogens with two attached hydrogens (primary N) is 3. The van der Waals surface area contributed by atoms with Gasteiger partial charge in [-0.05, 0) is 0 Å². The molecule has 7 heteroatoms. The molecule has 0 fully saturated rings. The quantitative estimate of drug-likeness (QED) is 0.592. The molecule has 0 aliphatic rings. The monoisotopic (exact) mass is 360 g/mol. The number of aromatic nitrogens is 3. The summed E-state index contributed by atoms with van der Waals surface area (Å²) < 4.78 is 2.38. The summed E-state index contributed by atoms with van der Waals surface area (Å²) in [6, 6.07) is 8.26. The number of benzene rings is 1. The molecule has 0 spiro atoms. The molecular formula is C15H16N6Se. The van der Waals surface area contributed by atoms with Crippen molar-refractivity contribution in [1.29, 1.82) is 0 Å². The second kappa shape index (κ2) is 5.44. The molecule has 1 aromatic carbocycles. The third-order valence-corrected chi connectivity index (χ3v) is 4.05. The van der Waals surface area contributed by atoms with Crippen LogP contribution in [0.25, 0.3) is 11.0 Å². The first-order chi connectivity index (χ1) is 10.5. The molecule has 3 rings (SSSR count). The van der Waals surface area contributed by atoms with Crippen LogP contribution in [0.4, 0.5) is 11.6 Å². The molecule has 6 N–H and O–H groups in total. The maximum atomic E-state index is 6.28. The second-order valence-corrected chi connectivity index (χ2v) is 6.08. The van der Waals surface area contributed by atoms with Gasteiger partial charge in [0.05, 0.1) is 0 Å². The predicted octanol–water partition coefficient (Wildman–Crippen LogP) is 0.558. The zero-order valence-corrected chi connectivity index (χ0v) is 13.8. The van der Waals surface area contributed by atoms with Gasteiger partial charge in [0.1, 0.15) is 0 Å². The summed E-state index contributed by atoms with van der Waals surface area (Å²) in [5, 5.41) is 0.684. The fourth-order valence-electron chi connectivity index (χ4n) is 2.50.